The molecule has 1 aliphatic rings. The number of aryl methyl sites for hydroxylation is 2. The Bertz CT molecular complexity index is 1350. The molecule has 0 aliphatic carbocycles. The molecule has 0 bridgehead atoms. The third-order valence-electron chi connectivity index (χ3n) is 5.67. The van der Waals surface area contributed by atoms with E-state index in [9.17, 15) is 9.18 Å². The highest BCUT2D eigenvalue weighted by Crippen LogP contribution is 2.34. The van der Waals surface area contributed by atoms with Crippen LogP contribution in [0.15, 0.2) is 35.4 Å². The molecular formula is C21H21FN6O2. The number of imidazole rings is 1. The van der Waals surface area contributed by atoms with E-state index >= 15 is 0 Å². The minimum Gasteiger partial charge on any atom is -0.496 e. The zero-order chi connectivity index (χ0) is 21.0. The molecule has 0 saturated carbocycles. The van der Waals surface area contributed by atoms with Gasteiger partial charge in [-0.15, -0.1) is 0 Å². The van der Waals surface area contributed by atoms with E-state index in [-0.39, 0.29) is 17.4 Å². The van der Waals surface area contributed by atoms with Crippen LogP contribution in [-0.2, 0) is 7.05 Å². The second kappa shape index (κ2) is 6.89. The van der Waals surface area contributed by atoms with Crippen molar-refractivity contribution in [1.82, 2.24) is 30.0 Å². The number of hydrazine groups is 1. The summed E-state index contributed by atoms with van der Waals surface area (Å²) in [5.41, 5.74) is 9.40. The van der Waals surface area contributed by atoms with Crippen LogP contribution in [0.2, 0.25) is 0 Å². The fraction of sp³-hybridized carbons (Fsp3) is 0.286. The summed E-state index contributed by atoms with van der Waals surface area (Å²) >= 11 is 0. The van der Waals surface area contributed by atoms with Crippen LogP contribution >= 0.6 is 0 Å². The average Bonchev–Trinajstić information content (AvgIpc) is 3.35. The zero-order valence-corrected chi connectivity index (χ0v) is 16.9. The van der Waals surface area contributed by atoms with E-state index in [0.29, 0.717) is 22.1 Å². The van der Waals surface area contributed by atoms with Crippen molar-refractivity contribution in [3.05, 3.63) is 58.0 Å². The Kier molecular flexibility index (Phi) is 4.30. The number of pyridine rings is 2. The molecule has 0 spiro atoms. The quantitative estimate of drug-likeness (QED) is 0.539. The van der Waals surface area contributed by atoms with E-state index in [2.05, 4.69) is 20.8 Å². The van der Waals surface area contributed by atoms with Crippen LogP contribution in [0.5, 0.6) is 5.75 Å². The molecule has 30 heavy (non-hydrogen) atoms. The van der Waals surface area contributed by atoms with Gasteiger partial charge in [0.05, 0.1) is 29.9 Å². The molecule has 5 rings (SSSR count). The van der Waals surface area contributed by atoms with Gasteiger partial charge in [-0.25, -0.2) is 18.7 Å². The lowest BCUT2D eigenvalue weighted by Crippen LogP contribution is -2.22. The number of nitrogens with zero attached hydrogens (tertiary/aromatic N) is 4. The molecule has 3 aromatic heterocycles. The van der Waals surface area contributed by atoms with E-state index in [1.54, 1.807) is 33.5 Å². The second-order valence-corrected chi connectivity index (χ2v) is 7.56. The first-order chi connectivity index (χ1) is 14.5. The average molecular weight is 408 g/mol. The number of rotatable bonds is 3. The fourth-order valence-corrected chi connectivity index (χ4v) is 4.11. The summed E-state index contributed by atoms with van der Waals surface area (Å²) in [6, 6.07) is 5.23. The van der Waals surface area contributed by atoms with Crippen LogP contribution < -0.4 is 21.3 Å². The molecule has 4 aromatic rings. The lowest BCUT2D eigenvalue weighted by Gasteiger charge is -2.15. The molecule has 9 heteroatoms. The number of ether oxygens (including phenoxy) is 1. The molecule has 1 saturated heterocycles. The van der Waals surface area contributed by atoms with Crippen LogP contribution in [0, 0.1) is 12.7 Å². The van der Waals surface area contributed by atoms with Gasteiger partial charge in [0, 0.05) is 49.3 Å². The molecule has 1 aliphatic heterocycles. The number of halogens is 1. The molecule has 154 valence electrons. The Hall–Kier alpha value is -3.30. The van der Waals surface area contributed by atoms with E-state index in [0.717, 1.165) is 29.8 Å². The van der Waals surface area contributed by atoms with Gasteiger partial charge in [-0.05, 0) is 24.6 Å². The summed E-state index contributed by atoms with van der Waals surface area (Å²) in [7, 11) is 3.28. The molecule has 2 N–H and O–H groups in total. The summed E-state index contributed by atoms with van der Waals surface area (Å²) in [6.07, 6.45) is 3.18. The topological polar surface area (TPSA) is 86.0 Å². The van der Waals surface area contributed by atoms with Gasteiger partial charge in [-0.3, -0.25) is 20.4 Å². The van der Waals surface area contributed by atoms with Crippen molar-refractivity contribution in [2.75, 3.05) is 20.2 Å². The van der Waals surface area contributed by atoms with Crippen LogP contribution in [0.4, 0.5) is 4.39 Å². The molecule has 4 heterocycles. The van der Waals surface area contributed by atoms with Crippen molar-refractivity contribution in [1.29, 1.82) is 0 Å². The minimum absolute atomic E-state index is 0.0229. The second-order valence-electron chi connectivity index (χ2n) is 7.56. The summed E-state index contributed by atoms with van der Waals surface area (Å²) in [5.74, 6) is 0.352. The molecule has 1 aromatic carbocycles. The van der Waals surface area contributed by atoms with Crippen LogP contribution in [0.1, 0.15) is 17.0 Å². The Morgan fingerprint density at radius 3 is 2.63 bits per heavy atom. The predicted octanol–water partition coefficient (Wildman–Crippen LogP) is 1.92. The Morgan fingerprint density at radius 2 is 1.93 bits per heavy atom. The van der Waals surface area contributed by atoms with Crippen LogP contribution in [0.25, 0.3) is 27.8 Å². The van der Waals surface area contributed by atoms with E-state index in [4.69, 9.17) is 4.74 Å². The maximum Gasteiger partial charge on any atom is 0.334 e. The monoisotopic (exact) mass is 408 g/mol. The zero-order valence-electron chi connectivity index (χ0n) is 16.9. The van der Waals surface area contributed by atoms with E-state index in [1.165, 1.54) is 15.2 Å². The standard InChI is InChI=1S/C21H21FN6O2/c1-11-4-15(22)20(24-7-11)28-19-14-5-13(12-8-25-26-9-12)18(30-3)6-16(14)23-10-17(19)27(2)21(28)29/h4-7,10,12,25-26H,8-9H2,1-3H3. The van der Waals surface area contributed by atoms with Gasteiger partial charge in [0.15, 0.2) is 11.6 Å². The highest BCUT2D eigenvalue weighted by atomic mass is 19.1. The Morgan fingerprint density at radius 1 is 1.17 bits per heavy atom. The number of fused-ring (bicyclic) bond motifs is 3. The molecule has 0 atom stereocenters. The molecular weight excluding hydrogens is 387 g/mol. The fourth-order valence-electron chi connectivity index (χ4n) is 4.11. The number of hydrogen-bond donors (Lipinski definition) is 2. The maximum atomic E-state index is 14.8. The van der Waals surface area contributed by atoms with Crippen molar-refractivity contribution in [2.45, 2.75) is 12.8 Å². The molecule has 0 unspecified atom stereocenters. The molecule has 0 amide bonds. The van der Waals surface area contributed by atoms with Gasteiger partial charge in [0.2, 0.25) is 0 Å². The van der Waals surface area contributed by atoms with Gasteiger partial charge < -0.3 is 4.74 Å². The third kappa shape index (κ3) is 2.70. The summed E-state index contributed by atoms with van der Waals surface area (Å²) in [6.45, 7) is 3.26. The molecule has 8 nitrogen and oxygen atoms in total. The lowest BCUT2D eigenvalue weighted by molar-refractivity contribution is 0.407. The molecule has 1 fully saturated rings. The minimum atomic E-state index is -0.549. The van der Waals surface area contributed by atoms with Crippen molar-refractivity contribution in [3.8, 4) is 11.6 Å². The Balaban J connectivity index is 1.90. The van der Waals surface area contributed by atoms with E-state index in [1.807, 2.05) is 12.1 Å². The number of hydrogen-bond acceptors (Lipinski definition) is 6. The molecule has 0 radical (unpaired) electrons. The first kappa shape index (κ1) is 18.7. The first-order valence-corrected chi connectivity index (χ1v) is 9.66. The van der Waals surface area contributed by atoms with Gasteiger partial charge in [-0.2, -0.15) is 0 Å². The maximum absolute atomic E-state index is 14.8. The lowest BCUT2D eigenvalue weighted by atomic mass is 9.96. The SMILES string of the molecule is COc1cc2ncc3c(c2cc1C1CNNC1)n(-c1ncc(C)cc1F)c(=O)n3C. The van der Waals surface area contributed by atoms with Crippen molar-refractivity contribution >= 4 is 21.9 Å². The highest BCUT2D eigenvalue weighted by Gasteiger charge is 2.24. The van der Waals surface area contributed by atoms with Crippen LogP contribution in [-0.4, -0.2) is 39.3 Å². The predicted molar refractivity (Wildman–Crippen MR) is 112 cm³/mol. The summed E-state index contributed by atoms with van der Waals surface area (Å²) in [5, 5.41) is 0.745. The normalized spacial score (nSPS) is 14.8. The van der Waals surface area contributed by atoms with Crippen molar-refractivity contribution < 1.29 is 9.13 Å². The smallest absolute Gasteiger partial charge is 0.334 e. The van der Waals surface area contributed by atoms with Gasteiger partial charge >= 0.3 is 5.69 Å². The summed E-state index contributed by atoms with van der Waals surface area (Å²) in [4.78, 5) is 21.8. The first-order valence-electron chi connectivity index (χ1n) is 9.66. The van der Waals surface area contributed by atoms with Crippen molar-refractivity contribution in [3.63, 3.8) is 0 Å². The summed E-state index contributed by atoms with van der Waals surface area (Å²) < 4.78 is 23.2. The highest BCUT2D eigenvalue weighted by molar-refractivity contribution is 6.04. The Labute approximate surface area is 171 Å². The van der Waals surface area contributed by atoms with E-state index < -0.39 is 5.82 Å². The van der Waals surface area contributed by atoms with Gasteiger partial charge in [-0.1, -0.05) is 0 Å². The number of aromatic nitrogens is 4. The van der Waals surface area contributed by atoms with Crippen LogP contribution in [0.3, 0.4) is 0 Å². The number of nitrogens with one attached hydrogen (secondary N) is 2. The third-order valence-corrected chi connectivity index (χ3v) is 5.67. The van der Waals surface area contributed by atoms with Crippen molar-refractivity contribution in [2.24, 2.45) is 7.05 Å². The largest absolute Gasteiger partial charge is 0.496 e. The van der Waals surface area contributed by atoms with Gasteiger partial charge in [0.25, 0.3) is 0 Å². The number of benzene rings is 1. The van der Waals surface area contributed by atoms with Gasteiger partial charge in [0.1, 0.15) is 5.75 Å². The number of methoxy groups -OCH3 is 1.